The number of thioether (sulfide) groups is 1. The third kappa shape index (κ3) is 2.79. The highest BCUT2D eigenvalue weighted by atomic mass is 32.2. The maximum absolute atomic E-state index is 4.76. The van der Waals surface area contributed by atoms with E-state index in [9.17, 15) is 0 Å². The molecule has 2 heteroatoms. The number of rotatable bonds is 3. The summed E-state index contributed by atoms with van der Waals surface area (Å²) in [4.78, 5) is 4.76. The first-order valence-electron chi connectivity index (χ1n) is 5.99. The molecule has 90 valence electrons. The Hall–Kier alpha value is -0.500. The van der Waals surface area contributed by atoms with Gasteiger partial charge in [-0.15, -0.1) is 11.8 Å². The standard InChI is InChI=1S/C14H23NS/c1-8(2)13-10(5)11(6)14(15-12(13)7)16-9(3)4/h8-9H,1-7H3. The summed E-state index contributed by atoms with van der Waals surface area (Å²) in [6.07, 6.45) is 0. The van der Waals surface area contributed by atoms with Crippen molar-refractivity contribution in [2.45, 2.75) is 64.7 Å². The minimum atomic E-state index is 0.560. The van der Waals surface area contributed by atoms with Crippen molar-refractivity contribution in [3.63, 3.8) is 0 Å². The van der Waals surface area contributed by atoms with Crippen molar-refractivity contribution in [2.75, 3.05) is 0 Å². The molecule has 1 rings (SSSR count). The second-order valence-electron chi connectivity index (χ2n) is 4.99. The van der Waals surface area contributed by atoms with Crippen molar-refractivity contribution in [2.24, 2.45) is 0 Å². The zero-order valence-electron chi connectivity index (χ0n) is 11.5. The number of pyridine rings is 1. The van der Waals surface area contributed by atoms with Crippen LogP contribution in [0.5, 0.6) is 0 Å². The van der Waals surface area contributed by atoms with Crippen molar-refractivity contribution < 1.29 is 0 Å². The third-order valence-corrected chi connectivity index (χ3v) is 3.96. The van der Waals surface area contributed by atoms with Gasteiger partial charge in [-0.25, -0.2) is 4.98 Å². The van der Waals surface area contributed by atoms with Crippen molar-refractivity contribution in [3.05, 3.63) is 22.4 Å². The van der Waals surface area contributed by atoms with E-state index in [1.165, 1.54) is 27.4 Å². The first-order valence-corrected chi connectivity index (χ1v) is 6.86. The molecule has 0 aromatic carbocycles. The Balaban J connectivity index is 3.28. The van der Waals surface area contributed by atoms with Crippen molar-refractivity contribution in [1.82, 2.24) is 4.98 Å². The van der Waals surface area contributed by atoms with Crippen LogP contribution in [-0.2, 0) is 0 Å². The third-order valence-electron chi connectivity index (χ3n) is 2.87. The van der Waals surface area contributed by atoms with Crippen molar-refractivity contribution in [1.29, 1.82) is 0 Å². The molecule has 0 spiro atoms. The Kier molecular flexibility index (Phi) is 4.43. The van der Waals surface area contributed by atoms with Gasteiger partial charge in [0, 0.05) is 10.9 Å². The van der Waals surface area contributed by atoms with Crippen LogP contribution in [0.4, 0.5) is 0 Å². The van der Waals surface area contributed by atoms with Gasteiger partial charge >= 0.3 is 0 Å². The van der Waals surface area contributed by atoms with E-state index in [1.54, 1.807) is 0 Å². The molecule has 0 atom stereocenters. The minimum absolute atomic E-state index is 0.560. The normalized spacial score (nSPS) is 11.6. The maximum Gasteiger partial charge on any atom is 0.0997 e. The van der Waals surface area contributed by atoms with Gasteiger partial charge in [0.2, 0.25) is 0 Å². The van der Waals surface area contributed by atoms with Crippen molar-refractivity contribution in [3.8, 4) is 0 Å². The second kappa shape index (κ2) is 5.22. The molecular weight excluding hydrogens is 214 g/mol. The van der Waals surface area contributed by atoms with Gasteiger partial charge in [0.05, 0.1) is 5.03 Å². The Morgan fingerprint density at radius 2 is 1.50 bits per heavy atom. The van der Waals surface area contributed by atoms with E-state index in [1.807, 2.05) is 11.8 Å². The monoisotopic (exact) mass is 237 g/mol. The van der Waals surface area contributed by atoms with Crippen LogP contribution in [0.2, 0.25) is 0 Å². The molecule has 0 fully saturated rings. The quantitative estimate of drug-likeness (QED) is 0.711. The van der Waals surface area contributed by atoms with E-state index in [0.29, 0.717) is 11.2 Å². The van der Waals surface area contributed by atoms with Gasteiger partial charge in [-0.05, 0) is 43.4 Å². The topological polar surface area (TPSA) is 12.9 Å². The predicted molar refractivity (Wildman–Crippen MR) is 73.5 cm³/mol. The van der Waals surface area contributed by atoms with Gasteiger partial charge in [0.15, 0.2) is 0 Å². The molecule has 0 N–H and O–H groups in total. The molecule has 0 aliphatic carbocycles. The lowest BCUT2D eigenvalue weighted by Gasteiger charge is -2.18. The number of nitrogens with zero attached hydrogens (tertiary/aromatic N) is 1. The zero-order valence-corrected chi connectivity index (χ0v) is 12.3. The fourth-order valence-electron chi connectivity index (χ4n) is 2.12. The summed E-state index contributed by atoms with van der Waals surface area (Å²) in [6, 6.07) is 0. The van der Waals surface area contributed by atoms with Gasteiger partial charge < -0.3 is 0 Å². The Morgan fingerprint density at radius 1 is 0.938 bits per heavy atom. The summed E-state index contributed by atoms with van der Waals surface area (Å²) in [6.45, 7) is 15.5. The molecule has 0 amide bonds. The SMILES string of the molecule is Cc1nc(SC(C)C)c(C)c(C)c1C(C)C. The molecule has 1 nitrogen and oxygen atoms in total. The molecule has 1 aromatic rings. The van der Waals surface area contributed by atoms with E-state index in [0.717, 1.165) is 0 Å². The van der Waals surface area contributed by atoms with E-state index < -0.39 is 0 Å². The highest BCUT2D eigenvalue weighted by Crippen LogP contribution is 2.32. The molecule has 1 heterocycles. The Labute approximate surface area is 104 Å². The summed E-state index contributed by atoms with van der Waals surface area (Å²) in [5.41, 5.74) is 5.39. The molecule has 1 aromatic heterocycles. The number of aryl methyl sites for hydroxylation is 1. The largest absolute Gasteiger partial charge is 0.246 e. The van der Waals surface area contributed by atoms with Crippen LogP contribution >= 0.6 is 11.8 Å². The zero-order chi connectivity index (χ0) is 12.5. The molecule has 0 aliphatic heterocycles. The summed E-state index contributed by atoms with van der Waals surface area (Å²) in [5.74, 6) is 0.560. The van der Waals surface area contributed by atoms with E-state index >= 15 is 0 Å². The first kappa shape index (κ1) is 13.6. The minimum Gasteiger partial charge on any atom is -0.246 e. The van der Waals surface area contributed by atoms with E-state index in [4.69, 9.17) is 4.98 Å². The van der Waals surface area contributed by atoms with Gasteiger partial charge in [-0.2, -0.15) is 0 Å². The molecule has 0 saturated carbocycles. The summed E-state index contributed by atoms with van der Waals surface area (Å²) >= 11 is 1.86. The number of hydrogen-bond acceptors (Lipinski definition) is 2. The highest BCUT2D eigenvalue weighted by molar-refractivity contribution is 7.99. The van der Waals surface area contributed by atoms with Crippen LogP contribution in [0.15, 0.2) is 5.03 Å². The van der Waals surface area contributed by atoms with Gasteiger partial charge in [-0.1, -0.05) is 27.7 Å². The maximum atomic E-state index is 4.76. The molecule has 16 heavy (non-hydrogen) atoms. The summed E-state index contributed by atoms with van der Waals surface area (Å²) in [7, 11) is 0. The molecule has 0 saturated heterocycles. The number of aromatic nitrogens is 1. The highest BCUT2D eigenvalue weighted by Gasteiger charge is 2.15. The van der Waals surface area contributed by atoms with Gasteiger partial charge in [-0.3, -0.25) is 0 Å². The first-order chi connectivity index (χ1) is 7.34. The van der Waals surface area contributed by atoms with Gasteiger partial charge in [0.1, 0.15) is 0 Å². The lowest BCUT2D eigenvalue weighted by molar-refractivity contribution is 0.811. The molecule has 0 bridgehead atoms. The predicted octanol–water partition coefficient (Wildman–Crippen LogP) is 4.63. The summed E-state index contributed by atoms with van der Waals surface area (Å²) < 4.78 is 0. The van der Waals surface area contributed by atoms with Crippen LogP contribution in [0, 0.1) is 20.8 Å². The lowest BCUT2D eigenvalue weighted by Crippen LogP contribution is -2.04. The van der Waals surface area contributed by atoms with Gasteiger partial charge in [0.25, 0.3) is 0 Å². The average Bonchev–Trinajstić information content (AvgIpc) is 2.12. The lowest BCUT2D eigenvalue weighted by atomic mass is 9.94. The van der Waals surface area contributed by atoms with Crippen LogP contribution in [0.1, 0.15) is 56.0 Å². The van der Waals surface area contributed by atoms with Crippen LogP contribution in [-0.4, -0.2) is 10.2 Å². The average molecular weight is 237 g/mol. The smallest absolute Gasteiger partial charge is 0.0997 e. The van der Waals surface area contributed by atoms with Crippen LogP contribution < -0.4 is 0 Å². The fourth-order valence-corrected chi connectivity index (χ4v) is 3.08. The second-order valence-corrected chi connectivity index (χ2v) is 6.55. The van der Waals surface area contributed by atoms with E-state index in [-0.39, 0.29) is 0 Å². The Bertz CT molecular complexity index is 381. The van der Waals surface area contributed by atoms with E-state index in [2.05, 4.69) is 48.5 Å². The Morgan fingerprint density at radius 3 is 1.94 bits per heavy atom. The molecule has 0 unspecified atom stereocenters. The number of hydrogen-bond donors (Lipinski definition) is 0. The summed E-state index contributed by atoms with van der Waals surface area (Å²) in [5, 5.41) is 1.80. The molecule has 0 aliphatic rings. The molecule has 0 radical (unpaired) electrons. The van der Waals surface area contributed by atoms with Crippen molar-refractivity contribution >= 4 is 11.8 Å². The molecular formula is C14H23NS. The van der Waals surface area contributed by atoms with Crippen LogP contribution in [0.3, 0.4) is 0 Å². The van der Waals surface area contributed by atoms with Crippen LogP contribution in [0.25, 0.3) is 0 Å². The fraction of sp³-hybridized carbons (Fsp3) is 0.643.